The van der Waals surface area contributed by atoms with Crippen LogP contribution in [0.4, 0.5) is 0 Å². The van der Waals surface area contributed by atoms with Crippen molar-refractivity contribution in [3.05, 3.63) is 107 Å². The van der Waals surface area contributed by atoms with E-state index in [1.54, 1.807) is 0 Å². The molecule has 200 valence electrons. The highest BCUT2D eigenvalue weighted by molar-refractivity contribution is 5.94. The zero-order chi connectivity index (χ0) is 26.6. The Labute approximate surface area is 228 Å². The standard InChI is InChI=1S/C33H41N3O2/c1-2-3-10-29-15-17-31(18-16-29)33(38)36(21-19-28-11-6-4-7-12-28)22-20-32(37)35-25-23-34(24-26-35)27-30-13-8-5-9-14-30/h4-9,11-18H,2-3,10,19-27H2,1H3. The Morgan fingerprint density at radius 2 is 1.32 bits per heavy atom. The number of benzene rings is 3. The first-order chi connectivity index (χ1) is 18.6. The topological polar surface area (TPSA) is 43.9 Å². The fourth-order valence-corrected chi connectivity index (χ4v) is 4.99. The second-order valence-corrected chi connectivity index (χ2v) is 10.2. The number of carbonyl (C=O) groups is 2. The number of rotatable bonds is 12. The first-order valence-electron chi connectivity index (χ1n) is 14.1. The Hall–Kier alpha value is -3.44. The number of carbonyl (C=O) groups excluding carboxylic acids is 2. The number of unbranched alkanes of at least 4 members (excludes halogenated alkanes) is 1. The second kappa shape index (κ2) is 14.5. The molecule has 0 bridgehead atoms. The van der Waals surface area contributed by atoms with E-state index in [2.05, 4.69) is 60.4 Å². The molecule has 2 amide bonds. The van der Waals surface area contributed by atoms with Crippen LogP contribution in [0.2, 0.25) is 0 Å². The van der Waals surface area contributed by atoms with Gasteiger partial charge < -0.3 is 9.80 Å². The smallest absolute Gasteiger partial charge is 0.253 e. The number of aryl methyl sites for hydroxylation is 1. The molecule has 1 aliphatic rings. The predicted molar refractivity (Wildman–Crippen MR) is 154 cm³/mol. The molecule has 0 saturated carbocycles. The SMILES string of the molecule is CCCCc1ccc(C(=O)N(CCC(=O)N2CCN(Cc3ccccc3)CC2)CCc2ccccc2)cc1. The van der Waals surface area contributed by atoms with Crippen molar-refractivity contribution in [2.24, 2.45) is 0 Å². The summed E-state index contributed by atoms with van der Waals surface area (Å²) in [6.45, 7) is 7.37. The van der Waals surface area contributed by atoms with Gasteiger partial charge in [0, 0.05) is 57.8 Å². The van der Waals surface area contributed by atoms with E-state index < -0.39 is 0 Å². The van der Waals surface area contributed by atoms with Crippen LogP contribution in [0.1, 0.15) is 53.2 Å². The molecule has 1 saturated heterocycles. The highest BCUT2D eigenvalue weighted by Crippen LogP contribution is 2.14. The minimum atomic E-state index is 0.00320. The van der Waals surface area contributed by atoms with E-state index in [4.69, 9.17) is 0 Å². The molecule has 1 aliphatic heterocycles. The molecule has 0 aromatic heterocycles. The lowest BCUT2D eigenvalue weighted by Crippen LogP contribution is -2.49. The van der Waals surface area contributed by atoms with Gasteiger partial charge in [-0.15, -0.1) is 0 Å². The van der Waals surface area contributed by atoms with Gasteiger partial charge in [-0.2, -0.15) is 0 Å². The van der Waals surface area contributed by atoms with Gasteiger partial charge in [-0.1, -0.05) is 86.1 Å². The van der Waals surface area contributed by atoms with Crippen LogP contribution < -0.4 is 0 Å². The summed E-state index contributed by atoms with van der Waals surface area (Å²) in [5, 5.41) is 0. The molecular formula is C33H41N3O2. The summed E-state index contributed by atoms with van der Waals surface area (Å²) in [4.78, 5) is 32.8. The minimum absolute atomic E-state index is 0.00320. The van der Waals surface area contributed by atoms with Crippen LogP contribution in [0.25, 0.3) is 0 Å². The van der Waals surface area contributed by atoms with E-state index in [-0.39, 0.29) is 11.8 Å². The number of hydrogen-bond donors (Lipinski definition) is 0. The maximum atomic E-state index is 13.5. The fraction of sp³-hybridized carbons (Fsp3) is 0.394. The first-order valence-corrected chi connectivity index (χ1v) is 14.1. The summed E-state index contributed by atoms with van der Waals surface area (Å²) in [5.41, 5.74) is 4.46. The molecule has 0 aliphatic carbocycles. The third-order valence-corrected chi connectivity index (χ3v) is 7.39. The Kier molecular flexibility index (Phi) is 10.5. The molecule has 0 spiro atoms. The largest absolute Gasteiger partial charge is 0.340 e. The number of piperazine rings is 1. The highest BCUT2D eigenvalue weighted by Gasteiger charge is 2.23. The van der Waals surface area contributed by atoms with Crippen molar-refractivity contribution in [3.63, 3.8) is 0 Å². The van der Waals surface area contributed by atoms with Crippen LogP contribution in [-0.4, -0.2) is 65.8 Å². The van der Waals surface area contributed by atoms with E-state index in [0.29, 0.717) is 25.1 Å². The molecule has 38 heavy (non-hydrogen) atoms. The van der Waals surface area contributed by atoms with Gasteiger partial charge in [0.1, 0.15) is 0 Å². The summed E-state index contributed by atoms with van der Waals surface area (Å²) in [6.07, 6.45) is 4.47. The molecular weight excluding hydrogens is 470 g/mol. The first kappa shape index (κ1) is 27.6. The van der Waals surface area contributed by atoms with E-state index in [0.717, 1.165) is 58.4 Å². The Bertz CT molecular complexity index is 1120. The average Bonchev–Trinajstić information content (AvgIpc) is 2.97. The molecule has 1 fully saturated rings. The summed E-state index contributed by atoms with van der Waals surface area (Å²) in [7, 11) is 0. The Morgan fingerprint density at radius 3 is 1.95 bits per heavy atom. The molecule has 0 radical (unpaired) electrons. The third kappa shape index (κ3) is 8.29. The van der Waals surface area contributed by atoms with E-state index in [1.807, 2.05) is 46.2 Å². The van der Waals surface area contributed by atoms with Gasteiger partial charge in [-0.25, -0.2) is 0 Å². The van der Waals surface area contributed by atoms with Crippen molar-refractivity contribution in [2.45, 2.75) is 45.6 Å². The molecule has 3 aromatic rings. The second-order valence-electron chi connectivity index (χ2n) is 10.2. The molecule has 0 atom stereocenters. The lowest BCUT2D eigenvalue weighted by atomic mass is 10.1. The number of hydrogen-bond acceptors (Lipinski definition) is 3. The highest BCUT2D eigenvalue weighted by atomic mass is 16.2. The lowest BCUT2D eigenvalue weighted by molar-refractivity contribution is -0.133. The zero-order valence-corrected chi connectivity index (χ0v) is 22.7. The van der Waals surface area contributed by atoms with Crippen LogP contribution in [0, 0.1) is 0 Å². The van der Waals surface area contributed by atoms with Gasteiger partial charge in [0.25, 0.3) is 5.91 Å². The predicted octanol–water partition coefficient (Wildman–Crippen LogP) is 5.45. The number of amides is 2. The average molecular weight is 512 g/mol. The third-order valence-electron chi connectivity index (χ3n) is 7.39. The van der Waals surface area contributed by atoms with Crippen LogP contribution in [-0.2, 0) is 24.2 Å². The fourth-order valence-electron chi connectivity index (χ4n) is 4.99. The van der Waals surface area contributed by atoms with Gasteiger partial charge >= 0.3 is 0 Å². The molecule has 5 heteroatoms. The van der Waals surface area contributed by atoms with Crippen molar-refractivity contribution >= 4 is 11.8 Å². The van der Waals surface area contributed by atoms with Crippen molar-refractivity contribution in [1.82, 2.24) is 14.7 Å². The Morgan fingerprint density at radius 1 is 0.711 bits per heavy atom. The van der Waals surface area contributed by atoms with E-state index in [9.17, 15) is 9.59 Å². The summed E-state index contributed by atoms with van der Waals surface area (Å²) in [5.74, 6) is 0.139. The molecule has 0 unspecified atom stereocenters. The minimum Gasteiger partial charge on any atom is -0.340 e. The van der Waals surface area contributed by atoms with Crippen molar-refractivity contribution in [2.75, 3.05) is 39.3 Å². The van der Waals surface area contributed by atoms with E-state index >= 15 is 0 Å². The van der Waals surface area contributed by atoms with Crippen molar-refractivity contribution in [1.29, 1.82) is 0 Å². The van der Waals surface area contributed by atoms with Gasteiger partial charge in [-0.3, -0.25) is 14.5 Å². The molecule has 5 nitrogen and oxygen atoms in total. The molecule has 4 rings (SSSR count). The quantitative estimate of drug-likeness (QED) is 0.325. The van der Waals surface area contributed by atoms with Gasteiger partial charge in [0.2, 0.25) is 5.91 Å². The molecule has 3 aromatic carbocycles. The van der Waals surface area contributed by atoms with Crippen molar-refractivity contribution in [3.8, 4) is 0 Å². The van der Waals surface area contributed by atoms with Crippen molar-refractivity contribution < 1.29 is 9.59 Å². The summed E-state index contributed by atoms with van der Waals surface area (Å²) >= 11 is 0. The molecule has 0 N–H and O–H groups in total. The normalized spacial score (nSPS) is 13.9. The van der Waals surface area contributed by atoms with Crippen LogP contribution >= 0.6 is 0 Å². The van der Waals surface area contributed by atoms with Crippen LogP contribution in [0.3, 0.4) is 0 Å². The maximum absolute atomic E-state index is 13.5. The summed E-state index contributed by atoms with van der Waals surface area (Å²) in [6, 6.07) is 28.7. The molecule has 1 heterocycles. The maximum Gasteiger partial charge on any atom is 0.253 e. The lowest BCUT2D eigenvalue weighted by Gasteiger charge is -2.35. The van der Waals surface area contributed by atoms with Gasteiger partial charge in [0.15, 0.2) is 0 Å². The van der Waals surface area contributed by atoms with Crippen LogP contribution in [0.5, 0.6) is 0 Å². The summed E-state index contributed by atoms with van der Waals surface area (Å²) < 4.78 is 0. The van der Waals surface area contributed by atoms with E-state index in [1.165, 1.54) is 16.7 Å². The van der Waals surface area contributed by atoms with Crippen LogP contribution in [0.15, 0.2) is 84.9 Å². The number of nitrogens with zero attached hydrogens (tertiary/aromatic N) is 3. The monoisotopic (exact) mass is 511 g/mol. The Balaban J connectivity index is 1.32. The van der Waals surface area contributed by atoms with Gasteiger partial charge in [0.05, 0.1) is 0 Å². The van der Waals surface area contributed by atoms with Gasteiger partial charge in [-0.05, 0) is 48.1 Å². The zero-order valence-electron chi connectivity index (χ0n) is 22.7.